The van der Waals surface area contributed by atoms with Gasteiger partial charge in [-0.05, 0) is 34.4 Å². The van der Waals surface area contributed by atoms with E-state index in [4.69, 9.17) is 0 Å². The maximum Gasteiger partial charge on any atom is 0.202 e. The van der Waals surface area contributed by atoms with Gasteiger partial charge in [-0.2, -0.15) is 0 Å². The van der Waals surface area contributed by atoms with Gasteiger partial charge in [-0.25, -0.2) is 4.98 Å². The molecule has 1 N–H and O–H groups in total. The fourth-order valence-corrected chi connectivity index (χ4v) is 1.40. The first-order valence-electron chi connectivity index (χ1n) is 5.90. The second kappa shape index (κ2) is 5.34. The van der Waals surface area contributed by atoms with Crippen molar-refractivity contribution in [3.63, 3.8) is 0 Å². The summed E-state index contributed by atoms with van der Waals surface area (Å²) in [5.41, 5.74) is 0.128. The molecule has 4 heteroatoms. The molecule has 1 rings (SSSR count). The summed E-state index contributed by atoms with van der Waals surface area (Å²) in [4.78, 5) is 6.56. The highest BCUT2D eigenvalue weighted by atomic mass is 15.2. The van der Waals surface area contributed by atoms with Gasteiger partial charge in [0.1, 0.15) is 0 Å². The molecule has 0 saturated carbocycles. The highest BCUT2D eigenvalue weighted by Gasteiger charge is 2.21. The Kier molecular flexibility index (Phi) is 4.35. The van der Waals surface area contributed by atoms with E-state index < -0.39 is 0 Å². The Morgan fingerprint density at radius 3 is 2.69 bits per heavy atom. The van der Waals surface area contributed by atoms with Crippen LogP contribution in [0.3, 0.4) is 0 Å². The van der Waals surface area contributed by atoms with Crippen molar-refractivity contribution in [2.24, 2.45) is 0 Å². The first-order valence-corrected chi connectivity index (χ1v) is 5.90. The standard InChI is InChI=1S/C12H24N4/c1-6-7-13-11-14-8-9-16(11)10-12(2,3)15(4)5/h8-9H,6-7,10H2,1-5H3,(H,13,14). The molecule has 0 spiro atoms. The van der Waals surface area contributed by atoms with Gasteiger partial charge in [0.15, 0.2) is 0 Å². The van der Waals surface area contributed by atoms with Crippen LogP contribution in [0.25, 0.3) is 0 Å². The lowest BCUT2D eigenvalue weighted by atomic mass is 10.0. The van der Waals surface area contributed by atoms with Gasteiger partial charge in [0.05, 0.1) is 0 Å². The normalized spacial score (nSPS) is 12.1. The van der Waals surface area contributed by atoms with Crippen molar-refractivity contribution in [1.82, 2.24) is 14.5 Å². The van der Waals surface area contributed by atoms with Gasteiger partial charge in [0.2, 0.25) is 5.95 Å². The van der Waals surface area contributed by atoms with Crippen LogP contribution in [-0.2, 0) is 6.54 Å². The summed E-state index contributed by atoms with van der Waals surface area (Å²) in [7, 11) is 4.21. The van der Waals surface area contributed by atoms with Crippen LogP contribution in [0.5, 0.6) is 0 Å². The van der Waals surface area contributed by atoms with Crippen LogP contribution >= 0.6 is 0 Å². The number of aromatic nitrogens is 2. The molecule has 0 aliphatic heterocycles. The third-order valence-electron chi connectivity index (χ3n) is 3.02. The van der Waals surface area contributed by atoms with E-state index in [1.165, 1.54) is 0 Å². The van der Waals surface area contributed by atoms with Crippen LogP contribution in [0, 0.1) is 0 Å². The zero-order chi connectivity index (χ0) is 12.2. The van der Waals surface area contributed by atoms with Gasteiger partial charge in [-0.1, -0.05) is 6.92 Å². The molecule has 0 radical (unpaired) electrons. The molecule has 1 heterocycles. The van der Waals surface area contributed by atoms with Gasteiger partial charge in [-0.3, -0.25) is 0 Å². The predicted molar refractivity (Wildman–Crippen MR) is 68.8 cm³/mol. The Labute approximate surface area is 98.7 Å². The minimum atomic E-state index is 0.128. The number of anilines is 1. The topological polar surface area (TPSA) is 33.1 Å². The van der Waals surface area contributed by atoms with Gasteiger partial charge in [0.25, 0.3) is 0 Å². The van der Waals surface area contributed by atoms with E-state index >= 15 is 0 Å². The van der Waals surface area contributed by atoms with E-state index in [2.05, 4.69) is 54.6 Å². The molecular formula is C12H24N4. The average molecular weight is 224 g/mol. The number of likely N-dealkylation sites (N-methyl/N-ethyl adjacent to an activating group) is 1. The second-order valence-corrected chi connectivity index (χ2v) is 5.01. The number of imidazole rings is 1. The molecule has 0 amide bonds. The summed E-state index contributed by atoms with van der Waals surface area (Å²) < 4.78 is 2.18. The number of nitrogens with zero attached hydrogens (tertiary/aromatic N) is 3. The predicted octanol–water partition coefficient (Wildman–Crippen LogP) is 2.05. The first-order chi connectivity index (χ1) is 7.47. The Balaban J connectivity index is 2.70. The Bertz CT molecular complexity index is 315. The van der Waals surface area contributed by atoms with Crippen LogP contribution < -0.4 is 5.32 Å². The number of rotatable bonds is 6. The molecule has 1 aromatic heterocycles. The van der Waals surface area contributed by atoms with Crippen LogP contribution in [0.15, 0.2) is 12.4 Å². The molecule has 16 heavy (non-hydrogen) atoms. The first kappa shape index (κ1) is 13.0. The summed E-state index contributed by atoms with van der Waals surface area (Å²) in [6.45, 7) is 8.53. The van der Waals surface area contributed by atoms with Crippen molar-refractivity contribution >= 4 is 5.95 Å². The lowest BCUT2D eigenvalue weighted by Crippen LogP contribution is -2.42. The van der Waals surface area contributed by atoms with Crippen LogP contribution in [0.1, 0.15) is 27.2 Å². The van der Waals surface area contributed by atoms with Crippen molar-refractivity contribution in [2.45, 2.75) is 39.3 Å². The summed E-state index contributed by atoms with van der Waals surface area (Å²) in [6, 6.07) is 0. The highest BCUT2D eigenvalue weighted by Crippen LogP contribution is 2.16. The summed E-state index contributed by atoms with van der Waals surface area (Å²) >= 11 is 0. The maximum atomic E-state index is 4.33. The SMILES string of the molecule is CCCNc1nccn1CC(C)(C)N(C)C. The lowest BCUT2D eigenvalue weighted by Gasteiger charge is -2.33. The molecule has 0 unspecified atom stereocenters. The molecule has 1 aromatic rings. The average Bonchev–Trinajstić information content (AvgIpc) is 2.61. The highest BCUT2D eigenvalue weighted by molar-refractivity contribution is 5.25. The van der Waals surface area contributed by atoms with Crippen molar-refractivity contribution in [3.8, 4) is 0 Å². The summed E-state index contributed by atoms with van der Waals surface area (Å²) in [6.07, 6.45) is 5.00. The molecular weight excluding hydrogens is 200 g/mol. The van der Waals surface area contributed by atoms with E-state index in [-0.39, 0.29) is 5.54 Å². The monoisotopic (exact) mass is 224 g/mol. The minimum Gasteiger partial charge on any atom is -0.356 e. The molecule has 0 atom stereocenters. The molecule has 0 aliphatic carbocycles. The van der Waals surface area contributed by atoms with Crippen LogP contribution in [-0.4, -0.2) is 40.6 Å². The molecule has 0 aromatic carbocycles. The molecule has 0 fully saturated rings. The zero-order valence-electron chi connectivity index (χ0n) is 11.1. The fourth-order valence-electron chi connectivity index (χ4n) is 1.40. The van der Waals surface area contributed by atoms with E-state index in [0.29, 0.717) is 0 Å². The van der Waals surface area contributed by atoms with Crippen molar-refractivity contribution in [3.05, 3.63) is 12.4 Å². The number of hydrogen-bond donors (Lipinski definition) is 1. The van der Waals surface area contributed by atoms with Gasteiger partial charge >= 0.3 is 0 Å². The smallest absolute Gasteiger partial charge is 0.202 e. The zero-order valence-corrected chi connectivity index (χ0v) is 11.1. The van der Waals surface area contributed by atoms with Crippen LogP contribution in [0.4, 0.5) is 5.95 Å². The van der Waals surface area contributed by atoms with Crippen molar-refractivity contribution in [1.29, 1.82) is 0 Å². The van der Waals surface area contributed by atoms with Crippen LogP contribution in [0.2, 0.25) is 0 Å². The number of nitrogens with one attached hydrogen (secondary N) is 1. The van der Waals surface area contributed by atoms with Gasteiger partial charge in [-0.15, -0.1) is 0 Å². The number of hydrogen-bond acceptors (Lipinski definition) is 3. The molecule has 92 valence electrons. The van der Waals surface area contributed by atoms with E-state index in [1.54, 1.807) is 0 Å². The molecule has 0 aliphatic rings. The Hall–Kier alpha value is -1.03. The third-order valence-corrected chi connectivity index (χ3v) is 3.02. The quantitative estimate of drug-likeness (QED) is 0.803. The summed E-state index contributed by atoms with van der Waals surface area (Å²) in [5, 5.41) is 3.34. The van der Waals surface area contributed by atoms with Gasteiger partial charge in [0, 0.05) is 31.0 Å². The third kappa shape index (κ3) is 3.23. The van der Waals surface area contributed by atoms with E-state index in [1.807, 2.05) is 12.4 Å². The Morgan fingerprint density at radius 1 is 1.44 bits per heavy atom. The molecule has 0 bridgehead atoms. The second-order valence-electron chi connectivity index (χ2n) is 5.01. The summed E-state index contributed by atoms with van der Waals surface area (Å²) in [5.74, 6) is 0.969. The van der Waals surface area contributed by atoms with Crippen molar-refractivity contribution < 1.29 is 0 Å². The minimum absolute atomic E-state index is 0.128. The largest absolute Gasteiger partial charge is 0.356 e. The van der Waals surface area contributed by atoms with Crippen molar-refractivity contribution in [2.75, 3.05) is 26.0 Å². The maximum absolute atomic E-state index is 4.33. The van der Waals surface area contributed by atoms with E-state index in [9.17, 15) is 0 Å². The fraction of sp³-hybridized carbons (Fsp3) is 0.750. The Morgan fingerprint density at radius 2 is 2.12 bits per heavy atom. The van der Waals surface area contributed by atoms with Gasteiger partial charge < -0.3 is 14.8 Å². The molecule has 0 saturated heterocycles. The van der Waals surface area contributed by atoms with E-state index in [0.717, 1.165) is 25.5 Å². The molecule has 4 nitrogen and oxygen atoms in total. The lowest BCUT2D eigenvalue weighted by molar-refractivity contribution is 0.170.